The van der Waals surface area contributed by atoms with E-state index < -0.39 is 12.1 Å². The maximum atomic E-state index is 12.6. The molecule has 1 aliphatic heterocycles. The van der Waals surface area contributed by atoms with Crippen molar-refractivity contribution in [2.45, 2.75) is 45.8 Å². The normalized spacial score (nSPS) is 24.8. The molecule has 1 saturated heterocycles. The molecule has 3 unspecified atom stereocenters. The van der Waals surface area contributed by atoms with Crippen LogP contribution in [-0.2, 0) is 9.59 Å². The van der Waals surface area contributed by atoms with Gasteiger partial charge < -0.3 is 10.2 Å². The van der Waals surface area contributed by atoms with E-state index in [1.165, 1.54) is 0 Å². The van der Waals surface area contributed by atoms with Gasteiger partial charge in [-0.25, -0.2) is 0 Å². The third kappa shape index (κ3) is 2.55. The van der Waals surface area contributed by atoms with Crippen molar-refractivity contribution in [2.75, 3.05) is 0 Å². The molecule has 3 atom stereocenters. The molecular weight excluding hydrogens is 252 g/mol. The Morgan fingerprint density at radius 1 is 1.10 bits per heavy atom. The molecule has 0 bridgehead atoms. The Balaban J connectivity index is 2.32. The average Bonchev–Trinajstić information content (AvgIpc) is 2.43. The van der Waals surface area contributed by atoms with Crippen LogP contribution in [0.4, 0.5) is 0 Å². The van der Waals surface area contributed by atoms with E-state index in [0.29, 0.717) is 0 Å². The summed E-state index contributed by atoms with van der Waals surface area (Å²) in [5, 5.41) is 2.82. The first-order valence-electron chi connectivity index (χ1n) is 7.11. The van der Waals surface area contributed by atoms with Crippen LogP contribution in [-0.4, -0.2) is 28.8 Å². The fourth-order valence-electron chi connectivity index (χ4n) is 2.68. The molecule has 20 heavy (non-hydrogen) atoms. The van der Waals surface area contributed by atoms with E-state index in [-0.39, 0.29) is 23.8 Å². The zero-order chi connectivity index (χ0) is 14.9. The summed E-state index contributed by atoms with van der Waals surface area (Å²) in [6.07, 6.45) is 0. The SMILES string of the molecule is CC(C)C1NC(=O)C(C)N(C(C)c2ccccc2)C1=O. The zero-order valence-electron chi connectivity index (χ0n) is 12.5. The first-order chi connectivity index (χ1) is 9.43. The standard InChI is InChI=1S/C16H22N2O2/c1-10(2)14-16(20)18(12(4)15(19)17-14)11(3)13-8-6-5-7-9-13/h5-12,14H,1-4H3,(H,17,19). The highest BCUT2D eigenvalue weighted by Gasteiger charge is 2.41. The van der Waals surface area contributed by atoms with Crippen LogP contribution in [0.5, 0.6) is 0 Å². The van der Waals surface area contributed by atoms with Gasteiger partial charge in [-0.15, -0.1) is 0 Å². The molecule has 2 rings (SSSR count). The van der Waals surface area contributed by atoms with Gasteiger partial charge in [-0.05, 0) is 25.3 Å². The van der Waals surface area contributed by atoms with Crippen LogP contribution >= 0.6 is 0 Å². The number of rotatable bonds is 3. The highest BCUT2D eigenvalue weighted by Crippen LogP contribution is 2.27. The van der Waals surface area contributed by atoms with Crippen molar-refractivity contribution in [3.63, 3.8) is 0 Å². The molecule has 108 valence electrons. The lowest BCUT2D eigenvalue weighted by Crippen LogP contribution is -2.64. The summed E-state index contributed by atoms with van der Waals surface area (Å²) in [5.74, 6) is 0.0129. The van der Waals surface area contributed by atoms with Crippen LogP contribution in [0.1, 0.15) is 39.3 Å². The second-order valence-corrected chi connectivity index (χ2v) is 5.74. The molecule has 1 fully saturated rings. The lowest BCUT2D eigenvalue weighted by molar-refractivity contribution is -0.152. The Labute approximate surface area is 120 Å². The van der Waals surface area contributed by atoms with Crippen LogP contribution < -0.4 is 5.32 Å². The molecule has 1 aliphatic rings. The Morgan fingerprint density at radius 3 is 2.25 bits per heavy atom. The summed E-state index contributed by atoms with van der Waals surface area (Å²) >= 11 is 0. The van der Waals surface area contributed by atoms with Gasteiger partial charge in [0.1, 0.15) is 12.1 Å². The van der Waals surface area contributed by atoms with Crippen LogP contribution in [0.3, 0.4) is 0 Å². The molecule has 0 aliphatic carbocycles. The predicted molar refractivity (Wildman–Crippen MR) is 77.9 cm³/mol. The third-order valence-electron chi connectivity index (χ3n) is 3.98. The molecule has 0 aromatic heterocycles. The maximum absolute atomic E-state index is 12.6. The molecule has 1 aromatic rings. The summed E-state index contributed by atoms with van der Waals surface area (Å²) < 4.78 is 0. The van der Waals surface area contributed by atoms with Gasteiger partial charge >= 0.3 is 0 Å². The maximum Gasteiger partial charge on any atom is 0.246 e. The van der Waals surface area contributed by atoms with Gasteiger partial charge in [0.25, 0.3) is 0 Å². The minimum atomic E-state index is -0.437. The second kappa shape index (κ2) is 5.65. The number of hydrogen-bond donors (Lipinski definition) is 1. The summed E-state index contributed by atoms with van der Waals surface area (Å²) in [4.78, 5) is 26.5. The Hall–Kier alpha value is -1.84. The van der Waals surface area contributed by atoms with Gasteiger partial charge in [0.05, 0.1) is 6.04 Å². The van der Waals surface area contributed by atoms with Gasteiger partial charge in [-0.2, -0.15) is 0 Å². The summed E-state index contributed by atoms with van der Waals surface area (Å²) in [6.45, 7) is 7.65. The van der Waals surface area contributed by atoms with Crippen molar-refractivity contribution < 1.29 is 9.59 Å². The van der Waals surface area contributed by atoms with E-state index >= 15 is 0 Å². The zero-order valence-corrected chi connectivity index (χ0v) is 12.5. The van der Waals surface area contributed by atoms with Gasteiger partial charge in [-0.3, -0.25) is 9.59 Å². The molecule has 1 N–H and O–H groups in total. The minimum Gasteiger partial charge on any atom is -0.342 e. The van der Waals surface area contributed by atoms with Gasteiger partial charge in [0.2, 0.25) is 11.8 Å². The van der Waals surface area contributed by atoms with Crippen molar-refractivity contribution in [3.05, 3.63) is 35.9 Å². The molecule has 1 aromatic carbocycles. The molecule has 4 nitrogen and oxygen atoms in total. The van der Waals surface area contributed by atoms with Gasteiger partial charge in [-0.1, -0.05) is 44.2 Å². The number of amides is 2. The Bertz CT molecular complexity index is 498. The van der Waals surface area contributed by atoms with Crippen molar-refractivity contribution >= 4 is 11.8 Å². The highest BCUT2D eigenvalue weighted by molar-refractivity contribution is 5.97. The van der Waals surface area contributed by atoms with Gasteiger partial charge in [0, 0.05) is 0 Å². The average molecular weight is 274 g/mol. The fraction of sp³-hybridized carbons (Fsp3) is 0.500. The number of nitrogens with one attached hydrogen (secondary N) is 1. The molecule has 0 spiro atoms. The van der Waals surface area contributed by atoms with Crippen LogP contribution in [0.25, 0.3) is 0 Å². The summed E-state index contributed by atoms with van der Waals surface area (Å²) in [7, 11) is 0. The van der Waals surface area contributed by atoms with Crippen molar-refractivity contribution in [1.82, 2.24) is 10.2 Å². The quantitative estimate of drug-likeness (QED) is 0.918. The molecule has 4 heteroatoms. The molecular formula is C16H22N2O2. The second-order valence-electron chi connectivity index (χ2n) is 5.74. The predicted octanol–water partition coefficient (Wildman–Crippen LogP) is 2.12. The van der Waals surface area contributed by atoms with Crippen molar-refractivity contribution in [3.8, 4) is 0 Å². The summed E-state index contributed by atoms with van der Waals surface area (Å²) in [5.41, 5.74) is 1.05. The van der Waals surface area contributed by atoms with Gasteiger partial charge in [0.15, 0.2) is 0 Å². The highest BCUT2D eigenvalue weighted by atomic mass is 16.2. The number of hydrogen-bond acceptors (Lipinski definition) is 2. The van der Waals surface area contributed by atoms with Crippen LogP contribution in [0.2, 0.25) is 0 Å². The monoisotopic (exact) mass is 274 g/mol. The third-order valence-corrected chi connectivity index (χ3v) is 3.98. The van der Waals surface area contributed by atoms with E-state index in [0.717, 1.165) is 5.56 Å². The minimum absolute atomic E-state index is 0.00320. The van der Waals surface area contributed by atoms with Crippen LogP contribution in [0.15, 0.2) is 30.3 Å². The smallest absolute Gasteiger partial charge is 0.246 e. The molecule has 0 radical (unpaired) electrons. The largest absolute Gasteiger partial charge is 0.342 e. The lowest BCUT2D eigenvalue weighted by atomic mass is 9.95. The van der Waals surface area contributed by atoms with E-state index in [1.807, 2.05) is 51.1 Å². The number of benzene rings is 1. The van der Waals surface area contributed by atoms with Crippen molar-refractivity contribution in [2.24, 2.45) is 5.92 Å². The molecule has 2 amide bonds. The summed E-state index contributed by atoms with van der Waals surface area (Å²) in [6, 6.07) is 8.85. The molecule has 1 heterocycles. The number of carbonyl (C=O) groups excluding carboxylic acids is 2. The first-order valence-corrected chi connectivity index (χ1v) is 7.11. The number of nitrogens with zero attached hydrogens (tertiary/aromatic N) is 1. The van der Waals surface area contributed by atoms with Crippen LogP contribution in [0, 0.1) is 5.92 Å². The van der Waals surface area contributed by atoms with E-state index in [2.05, 4.69) is 5.32 Å². The first kappa shape index (κ1) is 14.6. The topological polar surface area (TPSA) is 49.4 Å². The fourth-order valence-corrected chi connectivity index (χ4v) is 2.68. The number of carbonyl (C=O) groups is 2. The molecule has 0 saturated carbocycles. The Kier molecular flexibility index (Phi) is 4.12. The van der Waals surface area contributed by atoms with E-state index in [1.54, 1.807) is 11.8 Å². The Morgan fingerprint density at radius 2 is 1.70 bits per heavy atom. The van der Waals surface area contributed by atoms with Crippen molar-refractivity contribution in [1.29, 1.82) is 0 Å². The van der Waals surface area contributed by atoms with E-state index in [4.69, 9.17) is 0 Å². The lowest BCUT2D eigenvalue weighted by Gasteiger charge is -2.42. The van der Waals surface area contributed by atoms with E-state index in [9.17, 15) is 9.59 Å². The number of piperazine rings is 1.